The number of anilines is 2. The van der Waals surface area contributed by atoms with Crippen LogP contribution in [0.5, 0.6) is 5.75 Å². The van der Waals surface area contributed by atoms with Gasteiger partial charge in [0.1, 0.15) is 5.75 Å². The number of amides is 1. The minimum Gasteiger partial charge on any atom is -0.507 e. The third-order valence-corrected chi connectivity index (χ3v) is 3.12. The average Bonchev–Trinajstić information content (AvgIpc) is 2.43. The normalized spacial score (nSPS) is 10.6. The third kappa shape index (κ3) is 3.99. The molecule has 4 nitrogen and oxygen atoms in total. The fraction of sp³-hybridized carbons (Fsp3) is 0.235. The molecule has 0 saturated heterocycles. The Morgan fingerprint density at radius 2 is 1.86 bits per heavy atom. The summed E-state index contributed by atoms with van der Waals surface area (Å²) in [6.45, 7) is 4.33. The van der Waals surface area contributed by atoms with Gasteiger partial charge in [0, 0.05) is 11.4 Å². The smallest absolute Gasteiger partial charge is 0.259 e. The largest absolute Gasteiger partial charge is 0.507 e. The number of carbonyl (C=O) groups excluding carboxylic acids is 1. The fourth-order valence-corrected chi connectivity index (χ4v) is 2.13. The first-order chi connectivity index (χ1) is 9.95. The predicted octanol–water partition coefficient (Wildman–Crippen LogP) is 3.43. The van der Waals surface area contributed by atoms with Gasteiger partial charge in [0.25, 0.3) is 5.91 Å². The molecule has 0 fully saturated rings. The van der Waals surface area contributed by atoms with E-state index in [1.165, 1.54) is 17.7 Å². The lowest BCUT2D eigenvalue weighted by Crippen LogP contribution is -2.12. The highest BCUT2D eigenvalue weighted by Gasteiger charge is 2.11. The summed E-state index contributed by atoms with van der Waals surface area (Å²) in [5, 5.41) is 12.5. The van der Waals surface area contributed by atoms with Crippen LogP contribution < -0.4 is 11.1 Å². The molecule has 4 N–H and O–H groups in total. The zero-order chi connectivity index (χ0) is 15.4. The van der Waals surface area contributed by atoms with E-state index < -0.39 is 0 Å². The SMILES string of the molecule is CC(C)Cc1ccc(NC(=O)c2cc(N)ccc2O)cc1. The molecule has 0 atom stereocenters. The highest BCUT2D eigenvalue weighted by atomic mass is 16.3. The molecular formula is C17H20N2O2. The van der Waals surface area contributed by atoms with Crippen LogP contribution in [0.15, 0.2) is 42.5 Å². The molecule has 4 heteroatoms. The van der Waals surface area contributed by atoms with E-state index in [1.807, 2.05) is 24.3 Å². The van der Waals surface area contributed by atoms with Crippen LogP contribution in [0.4, 0.5) is 11.4 Å². The second kappa shape index (κ2) is 6.31. The molecule has 110 valence electrons. The van der Waals surface area contributed by atoms with Gasteiger partial charge in [0.05, 0.1) is 5.56 Å². The molecule has 0 aromatic heterocycles. The predicted molar refractivity (Wildman–Crippen MR) is 85.5 cm³/mol. The van der Waals surface area contributed by atoms with Gasteiger partial charge in [-0.2, -0.15) is 0 Å². The van der Waals surface area contributed by atoms with Crippen molar-refractivity contribution < 1.29 is 9.90 Å². The summed E-state index contributed by atoms with van der Waals surface area (Å²) in [5.74, 6) is 0.129. The number of nitrogens with one attached hydrogen (secondary N) is 1. The Labute approximate surface area is 124 Å². The molecule has 0 unspecified atom stereocenters. The molecule has 0 heterocycles. The molecule has 2 aromatic rings. The first-order valence-electron chi connectivity index (χ1n) is 6.94. The van der Waals surface area contributed by atoms with Gasteiger partial charge in [-0.25, -0.2) is 0 Å². The Morgan fingerprint density at radius 1 is 1.19 bits per heavy atom. The van der Waals surface area contributed by atoms with Crippen LogP contribution in [0.1, 0.15) is 29.8 Å². The molecule has 2 rings (SSSR count). The van der Waals surface area contributed by atoms with Gasteiger partial charge < -0.3 is 16.2 Å². The van der Waals surface area contributed by atoms with E-state index in [4.69, 9.17) is 5.73 Å². The van der Waals surface area contributed by atoms with Crippen LogP contribution in [0.2, 0.25) is 0 Å². The van der Waals surface area contributed by atoms with E-state index in [-0.39, 0.29) is 17.2 Å². The number of carbonyl (C=O) groups is 1. The number of nitrogen functional groups attached to an aromatic ring is 1. The lowest BCUT2D eigenvalue weighted by atomic mass is 10.0. The van der Waals surface area contributed by atoms with Crippen LogP contribution in [0, 0.1) is 5.92 Å². The molecular weight excluding hydrogens is 264 g/mol. The zero-order valence-electron chi connectivity index (χ0n) is 12.3. The Bertz CT molecular complexity index is 634. The molecule has 0 aliphatic carbocycles. The zero-order valence-corrected chi connectivity index (χ0v) is 12.3. The van der Waals surface area contributed by atoms with Gasteiger partial charge in [-0.15, -0.1) is 0 Å². The third-order valence-electron chi connectivity index (χ3n) is 3.12. The number of phenols is 1. The van der Waals surface area contributed by atoms with E-state index in [0.717, 1.165) is 6.42 Å². The second-order valence-corrected chi connectivity index (χ2v) is 5.53. The molecule has 1 amide bonds. The minimum absolute atomic E-state index is 0.0851. The van der Waals surface area contributed by atoms with Gasteiger partial charge in [-0.1, -0.05) is 26.0 Å². The molecule has 0 radical (unpaired) electrons. The lowest BCUT2D eigenvalue weighted by molar-refractivity contribution is 0.102. The summed E-state index contributed by atoms with van der Waals surface area (Å²) >= 11 is 0. The van der Waals surface area contributed by atoms with Gasteiger partial charge in [0.15, 0.2) is 0 Å². The van der Waals surface area contributed by atoms with Crippen LogP contribution in [-0.4, -0.2) is 11.0 Å². The van der Waals surface area contributed by atoms with Gasteiger partial charge in [-0.3, -0.25) is 4.79 Å². The number of nitrogens with two attached hydrogens (primary N) is 1. The number of hydrogen-bond donors (Lipinski definition) is 3. The van der Waals surface area contributed by atoms with E-state index in [9.17, 15) is 9.90 Å². The van der Waals surface area contributed by atoms with E-state index in [0.29, 0.717) is 17.3 Å². The maximum Gasteiger partial charge on any atom is 0.259 e. The van der Waals surface area contributed by atoms with E-state index >= 15 is 0 Å². The Balaban J connectivity index is 2.10. The summed E-state index contributed by atoms with van der Waals surface area (Å²) in [6, 6.07) is 12.1. The average molecular weight is 284 g/mol. The van der Waals surface area contributed by atoms with Gasteiger partial charge >= 0.3 is 0 Å². The molecule has 0 spiro atoms. The maximum absolute atomic E-state index is 12.1. The lowest BCUT2D eigenvalue weighted by Gasteiger charge is -2.09. The fourth-order valence-electron chi connectivity index (χ4n) is 2.13. The maximum atomic E-state index is 12.1. The van der Waals surface area contributed by atoms with Crippen molar-refractivity contribution in [3.05, 3.63) is 53.6 Å². The van der Waals surface area contributed by atoms with Crippen LogP contribution >= 0.6 is 0 Å². The van der Waals surface area contributed by atoms with Crippen molar-refractivity contribution in [2.75, 3.05) is 11.1 Å². The van der Waals surface area contributed by atoms with E-state index in [1.54, 1.807) is 6.07 Å². The van der Waals surface area contributed by atoms with Crippen molar-refractivity contribution in [3.63, 3.8) is 0 Å². The van der Waals surface area contributed by atoms with Crippen LogP contribution in [-0.2, 0) is 6.42 Å². The Morgan fingerprint density at radius 3 is 2.48 bits per heavy atom. The van der Waals surface area contributed by atoms with Gasteiger partial charge in [-0.05, 0) is 48.2 Å². The Kier molecular flexibility index (Phi) is 4.48. The van der Waals surface area contributed by atoms with Crippen molar-refractivity contribution in [1.29, 1.82) is 0 Å². The standard InChI is InChI=1S/C17H20N2O2/c1-11(2)9-12-3-6-14(7-4-12)19-17(21)15-10-13(18)5-8-16(15)20/h3-8,10-11,20H,9,18H2,1-2H3,(H,19,21). The summed E-state index contributed by atoms with van der Waals surface area (Å²) in [7, 11) is 0. The minimum atomic E-state index is -0.378. The summed E-state index contributed by atoms with van der Waals surface area (Å²) < 4.78 is 0. The van der Waals surface area contributed by atoms with Crippen molar-refractivity contribution in [3.8, 4) is 5.75 Å². The number of hydrogen-bond acceptors (Lipinski definition) is 3. The molecule has 0 bridgehead atoms. The van der Waals surface area contributed by atoms with Crippen LogP contribution in [0.3, 0.4) is 0 Å². The monoisotopic (exact) mass is 284 g/mol. The molecule has 21 heavy (non-hydrogen) atoms. The molecule has 0 aliphatic heterocycles. The second-order valence-electron chi connectivity index (χ2n) is 5.53. The number of benzene rings is 2. The highest BCUT2D eigenvalue weighted by molar-refractivity contribution is 6.06. The Hall–Kier alpha value is -2.49. The quantitative estimate of drug-likeness (QED) is 0.594. The summed E-state index contributed by atoms with van der Waals surface area (Å²) in [6.07, 6.45) is 1.00. The molecule has 2 aromatic carbocycles. The molecule has 0 saturated carbocycles. The number of aromatic hydroxyl groups is 1. The van der Waals surface area contributed by atoms with Crippen molar-refractivity contribution in [1.82, 2.24) is 0 Å². The van der Waals surface area contributed by atoms with Gasteiger partial charge in [0.2, 0.25) is 0 Å². The van der Waals surface area contributed by atoms with Crippen molar-refractivity contribution in [2.24, 2.45) is 5.92 Å². The van der Waals surface area contributed by atoms with E-state index in [2.05, 4.69) is 19.2 Å². The number of phenolic OH excluding ortho intramolecular Hbond substituents is 1. The topological polar surface area (TPSA) is 75.4 Å². The molecule has 0 aliphatic rings. The first kappa shape index (κ1) is 14.9. The highest BCUT2D eigenvalue weighted by Crippen LogP contribution is 2.21. The van der Waals surface area contributed by atoms with Crippen molar-refractivity contribution in [2.45, 2.75) is 20.3 Å². The first-order valence-corrected chi connectivity index (χ1v) is 6.94. The summed E-state index contributed by atoms with van der Waals surface area (Å²) in [4.78, 5) is 12.1. The van der Waals surface area contributed by atoms with Crippen molar-refractivity contribution >= 4 is 17.3 Å². The summed E-state index contributed by atoms with van der Waals surface area (Å²) in [5.41, 5.74) is 8.16. The van der Waals surface area contributed by atoms with Crippen LogP contribution in [0.25, 0.3) is 0 Å². The number of rotatable bonds is 4.